The Labute approximate surface area is 121 Å². The molecule has 2 fully saturated rings. The van der Waals surface area contributed by atoms with Crippen LogP contribution in [0.2, 0.25) is 0 Å². The zero-order valence-electron chi connectivity index (χ0n) is 11.0. The van der Waals surface area contributed by atoms with Gasteiger partial charge in [0.2, 0.25) is 5.91 Å². The number of fused-ring (bicyclic) bond motifs is 1. The molecule has 2 aliphatic rings. The largest absolute Gasteiger partial charge is 0.328 e. The van der Waals surface area contributed by atoms with E-state index in [4.69, 9.17) is 0 Å². The number of halogens is 1. The summed E-state index contributed by atoms with van der Waals surface area (Å²) < 4.78 is 1.07. The van der Waals surface area contributed by atoms with E-state index in [1.54, 1.807) is 0 Å². The first kappa shape index (κ1) is 13.1. The predicted octanol–water partition coefficient (Wildman–Crippen LogP) is 1.24. The van der Waals surface area contributed by atoms with Crippen LogP contribution in [0.15, 0.2) is 28.7 Å². The zero-order valence-corrected chi connectivity index (χ0v) is 12.6. The molecule has 0 bridgehead atoms. The molecule has 0 radical (unpaired) electrons. The van der Waals surface area contributed by atoms with E-state index in [-0.39, 0.29) is 18.0 Å². The van der Waals surface area contributed by atoms with Crippen LogP contribution in [0.1, 0.15) is 11.6 Å². The Bertz CT molecular complexity index is 476. The summed E-state index contributed by atoms with van der Waals surface area (Å²) in [5.41, 5.74) is 1.22. The second-order valence-corrected chi connectivity index (χ2v) is 6.29. The van der Waals surface area contributed by atoms with E-state index in [0.29, 0.717) is 6.54 Å². The molecule has 2 heterocycles. The SMILES string of the molecule is CN1CC2CNCC(=O)N2C(c2ccc(Br)cc2)C1. The molecule has 1 aromatic carbocycles. The van der Waals surface area contributed by atoms with Crippen molar-refractivity contribution < 1.29 is 4.79 Å². The van der Waals surface area contributed by atoms with Crippen molar-refractivity contribution in [2.24, 2.45) is 0 Å². The highest BCUT2D eigenvalue weighted by atomic mass is 79.9. The number of amides is 1. The van der Waals surface area contributed by atoms with Gasteiger partial charge in [0.05, 0.1) is 18.6 Å². The number of nitrogens with one attached hydrogen (secondary N) is 1. The van der Waals surface area contributed by atoms with Crippen molar-refractivity contribution in [2.75, 3.05) is 33.2 Å². The van der Waals surface area contributed by atoms with E-state index < -0.39 is 0 Å². The fraction of sp³-hybridized carbons (Fsp3) is 0.500. The summed E-state index contributed by atoms with van der Waals surface area (Å²) in [4.78, 5) is 16.6. The van der Waals surface area contributed by atoms with Crippen LogP contribution in [0, 0.1) is 0 Å². The Morgan fingerprint density at radius 1 is 1.26 bits per heavy atom. The van der Waals surface area contributed by atoms with Gasteiger partial charge in [-0.05, 0) is 24.7 Å². The summed E-state index contributed by atoms with van der Waals surface area (Å²) in [6.07, 6.45) is 0. The first-order valence-corrected chi connectivity index (χ1v) is 7.40. The summed E-state index contributed by atoms with van der Waals surface area (Å²) in [5, 5.41) is 3.21. The quantitative estimate of drug-likeness (QED) is 0.844. The summed E-state index contributed by atoms with van der Waals surface area (Å²) in [6.45, 7) is 3.21. The molecule has 2 unspecified atom stereocenters. The van der Waals surface area contributed by atoms with Gasteiger partial charge in [-0.25, -0.2) is 0 Å². The van der Waals surface area contributed by atoms with E-state index in [2.05, 4.69) is 50.2 Å². The number of hydrogen-bond acceptors (Lipinski definition) is 3. The normalized spacial score (nSPS) is 28.3. The molecule has 0 aromatic heterocycles. The van der Waals surface area contributed by atoms with Crippen LogP contribution in [0.4, 0.5) is 0 Å². The fourth-order valence-electron chi connectivity index (χ4n) is 3.09. The van der Waals surface area contributed by atoms with Gasteiger partial charge < -0.3 is 15.1 Å². The van der Waals surface area contributed by atoms with Crippen LogP contribution in [0.3, 0.4) is 0 Å². The summed E-state index contributed by atoms with van der Waals surface area (Å²) >= 11 is 3.46. The van der Waals surface area contributed by atoms with Crippen LogP contribution in [-0.4, -0.2) is 55.0 Å². The molecule has 2 atom stereocenters. The molecular formula is C14H18BrN3O. The maximum Gasteiger partial charge on any atom is 0.237 e. The molecule has 102 valence electrons. The van der Waals surface area contributed by atoms with Gasteiger partial charge in [0.1, 0.15) is 0 Å². The number of piperazine rings is 2. The Morgan fingerprint density at radius 3 is 2.74 bits per heavy atom. The monoisotopic (exact) mass is 323 g/mol. The lowest BCUT2D eigenvalue weighted by molar-refractivity contribution is -0.142. The van der Waals surface area contributed by atoms with Crippen molar-refractivity contribution in [1.29, 1.82) is 0 Å². The van der Waals surface area contributed by atoms with Crippen LogP contribution >= 0.6 is 15.9 Å². The first-order chi connectivity index (χ1) is 9.15. The van der Waals surface area contributed by atoms with E-state index >= 15 is 0 Å². The zero-order chi connectivity index (χ0) is 13.4. The number of hydrogen-bond donors (Lipinski definition) is 1. The number of nitrogens with zero attached hydrogens (tertiary/aromatic N) is 2. The van der Waals surface area contributed by atoms with Crippen molar-refractivity contribution >= 4 is 21.8 Å². The lowest BCUT2D eigenvalue weighted by Gasteiger charge is -2.48. The van der Waals surface area contributed by atoms with Crippen molar-refractivity contribution in [1.82, 2.24) is 15.1 Å². The van der Waals surface area contributed by atoms with Gasteiger partial charge in [-0.3, -0.25) is 4.79 Å². The molecule has 0 spiro atoms. The third kappa shape index (κ3) is 2.55. The van der Waals surface area contributed by atoms with Gasteiger partial charge >= 0.3 is 0 Å². The molecule has 1 amide bonds. The molecule has 1 aromatic rings. The Kier molecular flexibility index (Phi) is 3.60. The van der Waals surface area contributed by atoms with Gasteiger partial charge in [0.25, 0.3) is 0 Å². The topological polar surface area (TPSA) is 35.6 Å². The molecular weight excluding hydrogens is 306 g/mol. The van der Waals surface area contributed by atoms with Gasteiger partial charge in [-0.2, -0.15) is 0 Å². The van der Waals surface area contributed by atoms with Crippen LogP contribution in [0.5, 0.6) is 0 Å². The number of carbonyl (C=O) groups is 1. The van der Waals surface area contributed by atoms with Crippen molar-refractivity contribution in [3.05, 3.63) is 34.3 Å². The summed E-state index contributed by atoms with van der Waals surface area (Å²) in [6, 6.07) is 8.78. The number of benzene rings is 1. The highest BCUT2D eigenvalue weighted by molar-refractivity contribution is 9.10. The van der Waals surface area contributed by atoms with Crippen molar-refractivity contribution in [2.45, 2.75) is 12.1 Å². The summed E-state index contributed by atoms with van der Waals surface area (Å²) in [5.74, 6) is 0.220. The van der Waals surface area contributed by atoms with E-state index in [1.807, 2.05) is 12.1 Å². The lowest BCUT2D eigenvalue weighted by atomic mass is 9.97. The molecule has 2 saturated heterocycles. The van der Waals surface area contributed by atoms with E-state index in [1.165, 1.54) is 5.56 Å². The third-order valence-electron chi connectivity index (χ3n) is 3.94. The Morgan fingerprint density at radius 2 is 2.00 bits per heavy atom. The highest BCUT2D eigenvalue weighted by Gasteiger charge is 2.38. The molecule has 2 aliphatic heterocycles. The number of likely N-dealkylation sites (N-methyl/N-ethyl adjacent to an activating group) is 1. The maximum atomic E-state index is 12.2. The standard InChI is InChI=1S/C14H18BrN3O/c1-17-8-12-6-16-7-14(19)18(12)13(9-17)10-2-4-11(15)5-3-10/h2-5,12-13,16H,6-9H2,1H3. The van der Waals surface area contributed by atoms with Crippen LogP contribution in [-0.2, 0) is 4.79 Å². The minimum atomic E-state index is 0.173. The second-order valence-electron chi connectivity index (χ2n) is 5.37. The fourth-order valence-corrected chi connectivity index (χ4v) is 3.35. The molecule has 1 N–H and O–H groups in total. The average molecular weight is 324 g/mol. The van der Waals surface area contributed by atoms with Gasteiger partial charge in [0.15, 0.2) is 0 Å². The first-order valence-electron chi connectivity index (χ1n) is 6.61. The van der Waals surface area contributed by atoms with Crippen molar-refractivity contribution in [3.63, 3.8) is 0 Å². The summed E-state index contributed by atoms with van der Waals surface area (Å²) in [7, 11) is 2.13. The third-order valence-corrected chi connectivity index (χ3v) is 4.46. The van der Waals surface area contributed by atoms with E-state index in [9.17, 15) is 4.79 Å². The highest BCUT2D eigenvalue weighted by Crippen LogP contribution is 2.30. The number of carbonyl (C=O) groups excluding carboxylic acids is 1. The molecule has 0 saturated carbocycles. The maximum absolute atomic E-state index is 12.2. The molecule has 4 nitrogen and oxygen atoms in total. The minimum absolute atomic E-state index is 0.173. The average Bonchev–Trinajstić information content (AvgIpc) is 2.38. The molecule has 19 heavy (non-hydrogen) atoms. The lowest BCUT2D eigenvalue weighted by Crippen LogP contribution is -2.63. The second kappa shape index (κ2) is 5.23. The molecule has 5 heteroatoms. The van der Waals surface area contributed by atoms with Gasteiger partial charge in [-0.1, -0.05) is 28.1 Å². The molecule has 0 aliphatic carbocycles. The van der Waals surface area contributed by atoms with Crippen LogP contribution in [0.25, 0.3) is 0 Å². The predicted molar refractivity (Wildman–Crippen MR) is 77.9 cm³/mol. The van der Waals surface area contributed by atoms with E-state index in [0.717, 1.165) is 24.1 Å². The minimum Gasteiger partial charge on any atom is -0.328 e. The Balaban J connectivity index is 1.92. The smallest absolute Gasteiger partial charge is 0.237 e. The van der Waals surface area contributed by atoms with Gasteiger partial charge in [-0.15, -0.1) is 0 Å². The van der Waals surface area contributed by atoms with Gasteiger partial charge in [0, 0.05) is 24.1 Å². The number of rotatable bonds is 1. The van der Waals surface area contributed by atoms with Crippen LogP contribution < -0.4 is 5.32 Å². The molecule has 3 rings (SSSR count). The Hall–Kier alpha value is -0.910. The van der Waals surface area contributed by atoms with Crippen molar-refractivity contribution in [3.8, 4) is 0 Å².